The van der Waals surface area contributed by atoms with E-state index in [0.717, 1.165) is 16.9 Å². The van der Waals surface area contributed by atoms with Crippen LogP contribution in [0.2, 0.25) is 0 Å². The summed E-state index contributed by atoms with van der Waals surface area (Å²) in [5.74, 6) is 0.858. The minimum atomic E-state index is 0.380. The van der Waals surface area contributed by atoms with Gasteiger partial charge in [-0.05, 0) is 31.5 Å². The van der Waals surface area contributed by atoms with Gasteiger partial charge in [0.25, 0.3) is 0 Å². The molecule has 0 bridgehead atoms. The zero-order valence-corrected chi connectivity index (χ0v) is 11.7. The molecule has 0 N–H and O–H groups in total. The van der Waals surface area contributed by atoms with Crippen LogP contribution in [0.3, 0.4) is 0 Å². The molecule has 0 aliphatic carbocycles. The van der Waals surface area contributed by atoms with E-state index in [2.05, 4.69) is 25.1 Å². The van der Waals surface area contributed by atoms with Crippen molar-refractivity contribution in [3.05, 3.63) is 36.7 Å². The largest absolute Gasteiger partial charge is 0.491 e. The molecule has 0 spiro atoms. The topological polar surface area (TPSA) is 36.3 Å². The number of benzene rings is 1. The van der Waals surface area contributed by atoms with Gasteiger partial charge in [0.05, 0.1) is 12.8 Å². The Bertz CT molecular complexity index is 503. The summed E-state index contributed by atoms with van der Waals surface area (Å²) in [4.78, 5) is 0. The summed E-state index contributed by atoms with van der Waals surface area (Å²) >= 11 is 0. The van der Waals surface area contributed by atoms with Crippen molar-refractivity contribution < 1.29 is 9.47 Å². The third kappa shape index (κ3) is 3.58. The molecule has 1 aromatic heterocycles. The molecule has 0 aliphatic heterocycles. The van der Waals surface area contributed by atoms with Crippen molar-refractivity contribution in [2.45, 2.75) is 19.9 Å². The van der Waals surface area contributed by atoms with E-state index in [4.69, 9.17) is 9.47 Å². The lowest BCUT2D eigenvalue weighted by atomic mass is 10.1. The first-order valence-corrected chi connectivity index (χ1v) is 6.47. The molecule has 102 valence electrons. The summed E-state index contributed by atoms with van der Waals surface area (Å²) in [6.45, 7) is 5.40. The second-order valence-electron chi connectivity index (χ2n) is 4.67. The number of ether oxygens (including phenoxy) is 2. The lowest BCUT2D eigenvalue weighted by molar-refractivity contribution is 0.146. The Morgan fingerprint density at radius 3 is 2.42 bits per heavy atom. The highest BCUT2D eigenvalue weighted by molar-refractivity contribution is 5.62. The summed E-state index contributed by atoms with van der Waals surface area (Å²) in [6.07, 6.45) is 3.95. The van der Waals surface area contributed by atoms with E-state index in [9.17, 15) is 0 Å². The van der Waals surface area contributed by atoms with Crippen LogP contribution in [0.4, 0.5) is 0 Å². The third-order valence-corrected chi connectivity index (χ3v) is 2.87. The second-order valence-corrected chi connectivity index (χ2v) is 4.67. The van der Waals surface area contributed by atoms with Crippen LogP contribution in [0.1, 0.15) is 19.9 Å². The van der Waals surface area contributed by atoms with E-state index in [1.807, 2.05) is 35.1 Å². The first-order chi connectivity index (χ1) is 9.20. The first kappa shape index (κ1) is 13.6. The van der Waals surface area contributed by atoms with Crippen molar-refractivity contribution in [3.8, 4) is 16.9 Å². The Morgan fingerprint density at radius 1 is 1.11 bits per heavy atom. The van der Waals surface area contributed by atoms with E-state index in [1.54, 1.807) is 7.11 Å². The Labute approximate surface area is 114 Å². The van der Waals surface area contributed by atoms with Gasteiger partial charge in [-0.2, -0.15) is 5.10 Å². The number of nitrogens with zero attached hydrogens (tertiary/aromatic N) is 2. The van der Waals surface area contributed by atoms with Crippen LogP contribution in [0.15, 0.2) is 36.7 Å². The SMILES string of the molecule is COCCOc1ccc(-c2cnn(C(C)C)c2)cc1. The predicted octanol–water partition coefficient (Wildman–Crippen LogP) is 3.16. The monoisotopic (exact) mass is 260 g/mol. The fourth-order valence-corrected chi connectivity index (χ4v) is 1.76. The summed E-state index contributed by atoms with van der Waals surface area (Å²) in [7, 11) is 1.67. The van der Waals surface area contributed by atoms with Crippen LogP contribution >= 0.6 is 0 Å². The Morgan fingerprint density at radius 2 is 1.84 bits per heavy atom. The van der Waals surface area contributed by atoms with Gasteiger partial charge in [-0.3, -0.25) is 4.68 Å². The van der Waals surface area contributed by atoms with Gasteiger partial charge >= 0.3 is 0 Å². The van der Waals surface area contributed by atoms with Gasteiger partial charge in [-0.25, -0.2) is 0 Å². The fraction of sp³-hybridized carbons (Fsp3) is 0.400. The van der Waals surface area contributed by atoms with Gasteiger partial charge < -0.3 is 9.47 Å². The third-order valence-electron chi connectivity index (χ3n) is 2.87. The summed E-state index contributed by atoms with van der Waals surface area (Å²) in [5, 5.41) is 4.34. The molecule has 4 nitrogen and oxygen atoms in total. The van der Waals surface area contributed by atoms with Crippen molar-refractivity contribution in [1.29, 1.82) is 0 Å². The molecule has 0 saturated heterocycles. The van der Waals surface area contributed by atoms with Gasteiger partial charge in [0, 0.05) is 24.9 Å². The van der Waals surface area contributed by atoms with Crippen LogP contribution in [0.25, 0.3) is 11.1 Å². The van der Waals surface area contributed by atoms with E-state index in [0.29, 0.717) is 19.3 Å². The molecule has 0 fully saturated rings. The highest BCUT2D eigenvalue weighted by Crippen LogP contribution is 2.22. The molecule has 4 heteroatoms. The van der Waals surface area contributed by atoms with Crippen molar-refractivity contribution in [2.24, 2.45) is 0 Å². The highest BCUT2D eigenvalue weighted by Gasteiger charge is 2.04. The molecule has 1 aromatic carbocycles. The zero-order valence-electron chi connectivity index (χ0n) is 11.7. The average molecular weight is 260 g/mol. The molecule has 0 amide bonds. The van der Waals surface area contributed by atoms with Crippen LogP contribution in [-0.2, 0) is 4.74 Å². The molecular formula is C15H20N2O2. The van der Waals surface area contributed by atoms with Crippen molar-refractivity contribution >= 4 is 0 Å². The fourth-order valence-electron chi connectivity index (χ4n) is 1.76. The number of aromatic nitrogens is 2. The second kappa shape index (κ2) is 6.38. The molecule has 0 atom stereocenters. The van der Waals surface area contributed by atoms with Crippen LogP contribution < -0.4 is 4.74 Å². The van der Waals surface area contributed by atoms with Crippen LogP contribution in [0.5, 0.6) is 5.75 Å². The lowest BCUT2D eigenvalue weighted by Gasteiger charge is -2.06. The van der Waals surface area contributed by atoms with Gasteiger partial charge in [0.1, 0.15) is 12.4 Å². The number of hydrogen-bond donors (Lipinski definition) is 0. The molecule has 19 heavy (non-hydrogen) atoms. The molecule has 0 saturated carbocycles. The number of hydrogen-bond acceptors (Lipinski definition) is 3. The summed E-state index contributed by atoms with van der Waals surface area (Å²) in [6, 6.07) is 8.41. The predicted molar refractivity (Wildman–Crippen MR) is 75.4 cm³/mol. The minimum Gasteiger partial charge on any atom is -0.491 e. The van der Waals surface area contributed by atoms with E-state index >= 15 is 0 Å². The van der Waals surface area contributed by atoms with Crippen molar-refractivity contribution in [1.82, 2.24) is 9.78 Å². The molecule has 1 heterocycles. The van der Waals surface area contributed by atoms with Gasteiger partial charge in [0.15, 0.2) is 0 Å². The Hall–Kier alpha value is -1.81. The van der Waals surface area contributed by atoms with E-state index < -0.39 is 0 Å². The van der Waals surface area contributed by atoms with Crippen molar-refractivity contribution in [2.75, 3.05) is 20.3 Å². The maximum absolute atomic E-state index is 5.53. The minimum absolute atomic E-state index is 0.380. The summed E-state index contributed by atoms with van der Waals surface area (Å²) in [5.41, 5.74) is 2.27. The van der Waals surface area contributed by atoms with Gasteiger partial charge in [-0.1, -0.05) is 12.1 Å². The zero-order chi connectivity index (χ0) is 13.7. The smallest absolute Gasteiger partial charge is 0.119 e. The van der Waals surface area contributed by atoms with Crippen LogP contribution in [0, 0.1) is 0 Å². The standard InChI is InChI=1S/C15H20N2O2/c1-12(2)17-11-14(10-16-17)13-4-6-15(7-5-13)19-9-8-18-3/h4-7,10-12H,8-9H2,1-3H3. The normalized spacial score (nSPS) is 10.9. The van der Waals surface area contributed by atoms with Gasteiger partial charge in [-0.15, -0.1) is 0 Å². The quantitative estimate of drug-likeness (QED) is 0.749. The Balaban J connectivity index is 2.04. The summed E-state index contributed by atoms with van der Waals surface area (Å²) < 4.78 is 12.4. The molecule has 2 aromatic rings. The molecular weight excluding hydrogens is 240 g/mol. The lowest BCUT2D eigenvalue weighted by Crippen LogP contribution is -2.03. The molecule has 0 aliphatic rings. The number of rotatable bonds is 6. The number of methoxy groups -OCH3 is 1. The van der Waals surface area contributed by atoms with E-state index in [1.165, 1.54) is 0 Å². The highest BCUT2D eigenvalue weighted by atomic mass is 16.5. The molecule has 0 unspecified atom stereocenters. The van der Waals surface area contributed by atoms with Gasteiger partial charge in [0.2, 0.25) is 0 Å². The molecule has 2 rings (SSSR count). The van der Waals surface area contributed by atoms with E-state index in [-0.39, 0.29) is 0 Å². The average Bonchev–Trinajstić information content (AvgIpc) is 2.90. The van der Waals surface area contributed by atoms with Crippen LogP contribution in [-0.4, -0.2) is 30.1 Å². The molecule has 0 radical (unpaired) electrons. The maximum atomic E-state index is 5.53. The van der Waals surface area contributed by atoms with Crippen molar-refractivity contribution in [3.63, 3.8) is 0 Å². The Kier molecular flexibility index (Phi) is 4.58. The maximum Gasteiger partial charge on any atom is 0.119 e. The first-order valence-electron chi connectivity index (χ1n) is 6.47.